The maximum atomic E-state index is 13.7. The van der Waals surface area contributed by atoms with Crippen molar-refractivity contribution in [2.24, 2.45) is 0 Å². The van der Waals surface area contributed by atoms with Crippen LogP contribution in [0.4, 0.5) is 22.0 Å². The van der Waals surface area contributed by atoms with Gasteiger partial charge in [-0.3, -0.25) is 0 Å². The highest BCUT2D eigenvalue weighted by Gasteiger charge is 2.48. The van der Waals surface area contributed by atoms with E-state index >= 15 is 0 Å². The summed E-state index contributed by atoms with van der Waals surface area (Å²) in [5.74, 6) is 0. The molecule has 0 amide bonds. The highest BCUT2D eigenvalue weighted by molar-refractivity contribution is 6.82. The molecule has 1 rings (SSSR count). The molecule has 1 aromatic rings. The van der Waals surface area contributed by atoms with Crippen LogP contribution >= 0.6 is 0 Å². The predicted molar refractivity (Wildman–Crippen MR) is 83.2 cm³/mol. The molecule has 0 aliphatic heterocycles. The van der Waals surface area contributed by atoms with Crippen molar-refractivity contribution >= 4 is 28.6 Å². The Bertz CT molecular complexity index is 541. The van der Waals surface area contributed by atoms with E-state index in [0.717, 1.165) is 0 Å². The first-order chi connectivity index (χ1) is 10.3. The molecule has 0 heterocycles. The van der Waals surface area contributed by atoms with Crippen LogP contribution in [0.1, 0.15) is 5.56 Å². The zero-order chi connectivity index (χ0) is 17.9. The van der Waals surface area contributed by atoms with Gasteiger partial charge in [-0.05, 0) is 30.4 Å². The highest BCUT2D eigenvalue weighted by Crippen LogP contribution is 2.32. The van der Waals surface area contributed by atoms with E-state index in [1.165, 1.54) is 6.08 Å². The van der Waals surface area contributed by atoms with Gasteiger partial charge in [0.2, 0.25) is 9.04 Å². The van der Waals surface area contributed by atoms with E-state index in [9.17, 15) is 22.0 Å². The third kappa shape index (κ3) is 7.38. The molecule has 23 heavy (non-hydrogen) atoms. The number of halogens is 5. The van der Waals surface area contributed by atoms with E-state index in [-0.39, 0.29) is 0 Å². The number of hydrogen-bond donors (Lipinski definition) is 0. The fourth-order valence-electron chi connectivity index (χ4n) is 1.88. The third-order valence-electron chi connectivity index (χ3n) is 2.54. The second-order valence-corrected chi connectivity index (χ2v) is 12.6. The first-order valence-corrected chi connectivity index (χ1v) is 11.8. The minimum atomic E-state index is -5.41. The Labute approximate surface area is 134 Å². The van der Waals surface area contributed by atoms with Crippen LogP contribution in [0.25, 0.3) is 6.08 Å². The molecule has 9 heteroatoms. The smallest absolute Gasteiger partial charge is 0.452 e. The van der Waals surface area contributed by atoms with Crippen LogP contribution in [0.3, 0.4) is 0 Å². The molecule has 2 nitrogen and oxygen atoms in total. The molecule has 0 saturated heterocycles. The van der Waals surface area contributed by atoms with E-state index in [1.54, 1.807) is 43.9 Å². The Morgan fingerprint density at radius 1 is 1.13 bits per heavy atom. The Kier molecular flexibility index (Phi) is 6.30. The second kappa shape index (κ2) is 7.24. The van der Waals surface area contributed by atoms with Crippen molar-refractivity contribution in [2.45, 2.75) is 38.2 Å². The number of ether oxygens (including phenoxy) is 1. The second-order valence-electron chi connectivity index (χ2n) is 5.79. The summed E-state index contributed by atoms with van der Waals surface area (Å²) in [5, 5.41) is 0.459. The van der Waals surface area contributed by atoms with Crippen molar-refractivity contribution in [1.29, 1.82) is 0 Å². The quantitative estimate of drug-likeness (QED) is 0.520. The summed E-state index contributed by atoms with van der Waals surface area (Å²) in [7, 11) is -4.69. The predicted octanol–water partition coefficient (Wildman–Crippen LogP) is 4.51. The Morgan fingerprint density at radius 3 is 2.17 bits per heavy atom. The summed E-state index contributed by atoms with van der Waals surface area (Å²) in [5.41, 5.74) is 0.572. The molecule has 0 aliphatic carbocycles. The van der Waals surface area contributed by atoms with Gasteiger partial charge in [-0.15, -0.1) is 13.2 Å². The van der Waals surface area contributed by atoms with Crippen LogP contribution in [-0.2, 0) is 8.85 Å². The zero-order valence-corrected chi connectivity index (χ0v) is 15.0. The molecule has 129 valence electrons. The van der Waals surface area contributed by atoms with Gasteiger partial charge in [-0.2, -0.15) is 8.78 Å². The van der Waals surface area contributed by atoms with Crippen molar-refractivity contribution in [2.75, 3.05) is 0 Å². The van der Waals surface area contributed by atoms with Gasteiger partial charge in [0.15, 0.2) is 8.32 Å². The molecule has 1 aromatic carbocycles. The van der Waals surface area contributed by atoms with E-state index < -0.39 is 35.9 Å². The average molecular weight is 369 g/mol. The molecule has 0 unspecified atom stereocenters. The molecular weight excluding hydrogens is 351 g/mol. The van der Waals surface area contributed by atoms with E-state index in [4.69, 9.17) is 4.12 Å². The zero-order valence-electron chi connectivity index (χ0n) is 13.0. The minimum absolute atomic E-state index is 0.459. The molecule has 0 aliphatic rings. The standard InChI is InChI=1S/C14H18F5O2Si2/c1-5-11-8-6-7-9-12(11)22(21-23(2,3)4)10-13(15,16)20-14(17,18)19/h5-9H,1,10H2,2-4H3. The molecule has 0 saturated carbocycles. The maximum Gasteiger partial charge on any atom is 0.527 e. The summed E-state index contributed by atoms with van der Waals surface area (Å²) in [6.45, 7) is 8.97. The maximum absolute atomic E-state index is 13.7. The fourth-order valence-corrected chi connectivity index (χ4v) is 6.99. The van der Waals surface area contributed by atoms with E-state index in [0.29, 0.717) is 10.8 Å². The van der Waals surface area contributed by atoms with Gasteiger partial charge in [0, 0.05) is 0 Å². The van der Waals surface area contributed by atoms with Crippen molar-refractivity contribution in [3.05, 3.63) is 36.4 Å². The van der Waals surface area contributed by atoms with Crippen molar-refractivity contribution in [3.63, 3.8) is 0 Å². The molecular formula is C14H18F5O2Si2. The topological polar surface area (TPSA) is 18.5 Å². The molecule has 0 atom stereocenters. The Hall–Kier alpha value is -1.04. The first-order valence-electron chi connectivity index (χ1n) is 6.74. The number of hydrogen-bond acceptors (Lipinski definition) is 2. The van der Waals surface area contributed by atoms with Crippen LogP contribution in [0, 0.1) is 0 Å². The summed E-state index contributed by atoms with van der Waals surface area (Å²) in [6.07, 6.45) is -8.29. The van der Waals surface area contributed by atoms with Gasteiger partial charge < -0.3 is 4.12 Å². The first kappa shape index (κ1) is 20.0. The normalized spacial score (nSPS) is 13.4. The van der Waals surface area contributed by atoms with Gasteiger partial charge in [0.25, 0.3) is 0 Å². The van der Waals surface area contributed by atoms with Crippen LogP contribution in [0.5, 0.6) is 0 Å². The Balaban J connectivity index is 3.13. The fraction of sp³-hybridized carbons (Fsp3) is 0.429. The molecule has 0 aromatic heterocycles. The molecule has 0 spiro atoms. The molecule has 1 radical (unpaired) electrons. The third-order valence-corrected chi connectivity index (χ3v) is 7.77. The van der Waals surface area contributed by atoms with Gasteiger partial charge in [-0.1, -0.05) is 36.9 Å². The van der Waals surface area contributed by atoms with Crippen LogP contribution < -0.4 is 5.19 Å². The van der Waals surface area contributed by atoms with Gasteiger partial charge in [-0.25, -0.2) is 4.74 Å². The van der Waals surface area contributed by atoms with Gasteiger partial charge >= 0.3 is 12.5 Å². The lowest BCUT2D eigenvalue weighted by Gasteiger charge is -2.29. The minimum Gasteiger partial charge on any atom is -0.452 e. The summed E-state index contributed by atoms with van der Waals surface area (Å²) < 4.78 is 72.5. The van der Waals surface area contributed by atoms with Gasteiger partial charge in [0.05, 0.1) is 6.04 Å². The lowest BCUT2D eigenvalue weighted by Crippen LogP contribution is -2.48. The number of alkyl halides is 5. The highest BCUT2D eigenvalue weighted by atomic mass is 28.4. The Morgan fingerprint density at radius 2 is 1.70 bits per heavy atom. The summed E-state index contributed by atoms with van der Waals surface area (Å²) in [4.78, 5) is 0. The van der Waals surface area contributed by atoms with Crippen molar-refractivity contribution in [1.82, 2.24) is 0 Å². The molecule has 0 bridgehead atoms. The lowest BCUT2D eigenvalue weighted by atomic mass is 10.2. The molecule has 0 N–H and O–H groups in total. The summed E-state index contributed by atoms with van der Waals surface area (Å²) >= 11 is 0. The SMILES string of the molecule is C=Cc1ccccc1[Si](CC(F)(F)OC(F)(F)F)O[Si](C)(C)C. The summed E-state index contributed by atoms with van der Waals surface area (Å²) in [6, 6.07) is 5.42. The van der Waals surface area contributed by atoms with Crippen molar-refractivity contribution in [3.8, 4) is 0 Å². The number of rotatable bonds is 7. The number of benzene rings is 1. The van der Waals surface area contributed by atoms with E-state index in [1.807, 2.05) is 0 Å². The van der Waals surface area contributed by atoms with E-state index in [2.05, 4.69) is 11.3 Å². The molecule has 0 fully saturated rings. The lowest BCUT2D eigenvalue weighted by molar-refractivity contribution is -0.419. The largest absolute Gasteiger partial charge is 0.527 e. The average Bonchev–Trinajstić information content (AvgIpc) is 2.32. The monoisotopic (exact) mass is 369 g/mol. The van der Waals surface area contributed by atoms with Gasteiger partial charge in [0.1, 0.15) is 0 Å². The van der Waals surface area contributed by atoms with Crippen LogP contribution in [0.15, 0.2) is 30.8 Å². The van der Waals surface area contributed by atoms with Crippen LogP contribution in [0.2, 0.25) is 25.7 Å². The van der Waals surface area contributed by atoms with Crippen molar-refractivity contribution < 1.29 is 30.8 Å². The van der Waals surface area contributed by atoms with Crippen LogP contribution in [-0.4, -0.2) is 29.8 Å².